The van der Waals surface area contributed by atoms with E-state index in [-0.39, 0.29) is 5.56 Å². The van der Waals surface area contributed by atoms with Crippen molar-refractivity contribution in [2.75, 3.05) is 0 Å². The van der Waals surface area contributed by atoms with E-state index in [1.807, 2.05) is 18.2 Å². The van der Waals surface area contributed by atoms with Gasteiger partial charge in [0.2, 0.25) is 0 Å². The minimum absolute atomic E-state index is 0.172. The largest absolute Gasteiger partial charge is 0.478 e. The summed E-state index contributed by atoms with van der Waals surface area (Å²) in [5.41, 5.74) is 1.78. The maximum absolute atomic E-state index is 11.1. The summed E-state index contributed by atoms with van der Waals surface area (Å²) >= 11 is 0. The normalized spacial score (nSPS) is 10.8. The number of carbonyl (C=O) groups is 1. The fourth-order valence-electron chi connectivity index (χ4n) is 2.12. The van der Waals surface area contributed by atoms with E-state index < -0.39 is 5.97 Å². The molecule has 0 bridgehead atoms. The van der Waals surface area contributed by atoms with Crippen molar-refractivity contribution >= 4 is 11.6 Å². The summed E-state index contributed by atoms with van der Waals surface area (Å²) in [5, 5.41) is 13.4. The van der Waals surface area contributed by atoms with Gasteiger partial charge in [0, 0.05) is 12.6 Å². The molecule has 0 amide bonds. The molecular formula is C15H13N3O2. The number of aromatic nitrogens is 3. The molecule has 0 aliphatic carbocycles. The van der Waals surface area contributed by atoms with Crippen LogP contribution in [0.4, 0.5) is 0 Å². The molecule has 0 unspecified atom stereocenters. The number of benzene rings is 1. The van der Waals surface area contributed by atoms with E-state index in [1.165, 1.54) is 16.1 Å². The Hall–Kier alpha value is -2.69. The number of aromatic carboxylic acids is 1. The van der Waals surface area contributed by atoms with Gasteiger partial charge in [0.1, 0.15) is 5.56 Å². The summed E-state index contributed by atoms with van der Waals surface area (Å²) < 4.78 is 1.52. The number of carboxylic acids is 1. The number of carboxylic acid groups (broad SMARTS) is 1. The third kappa shape index (κ3) is 2.38. The van der Waals surface area contributed by atoms with E-state index in [4.69, 9.17) is 5.11 Å². The van der Waals surface area contributed by atoms with Crippen LogP contribution >= 0.6 is 0 Å². The zero-order valence-electron chi connectivity index (χ0n) is 10.7. The summed E-state index contributed by atoms with van der Waals surface area (Å²) in [6.07, 6.45) is 3.23. The molecule has 1 aromatic carbocycles. The van der Waals surface area contributed by atoms with Crippen LogP contribution in [0.5, 0.6) is 0 Å². The minimum atomic E-state index is -0.988. The van der Waals surface area contributed by atoms with Gasteiger partial charge in [-0.3, -0.25) is 0 Å². The van der Waals surface area contributed by atoms with Gasteiger partial charge in [0.05, 0.1) is 0 Å². The monoisotopic (exact) mass is 267 g/mol. The van der Waals surface area contributed by atoms with Crippen molar-refractivity contribution in [1.29, 1.82) is 0 Å². The van der Waals surface area contributed by atoms with Crippen molar-refractivity contribution in [2.24, 2.45) is 0 Å². The van der Waals surface area contributed by atoms with Gasteiger partial charge in [0.15, 0.2) is 11.5 Å². The molecule has 5 heteroatoms. The van der Waals surface area contributed by atoms with Gasteiger partial charge in [-0.1, -0.05) is 30.3 Å². The molecule has 0 aliphatic heterocycles. The fourth-order valence-corrected chi connectivity index (χ4v) is 2.12. The Morgan fingerprint density at radius 1 is 1.10 bits per heavy atom. The lowest BCUT2D eigenvalue weighted by Crippen LogP contribution is -2.00. The maximum atomic E-state index is 11.1. The van der Waals surface area contributed by atoms with Gasteiger partial charge in [-0.15, -0.1) is 0 Å². The molecule has 5 nitrogen and oxygen atoms in total. The SMILES string of the molecule is O=C(O)c1cccn2nc(CCc3ccccc3)nc12. The summed E-state index contributed by atoms with van der Waals surface area (Å²) in [4.78, 5) is 15.4. The Labute approximate surface area is 115 Å². The highest BCUT2D eigenvalue weighted by atomic mass is 16.4. The third-order valence-corrected chi connectivity index (χ3v) is 3.12. The first-order valence-corrected chi connectivity index (χ1v) is 6.35. The molecule has 0 spiro atoms. The molecule has 0 saturated heterocycles. The van der Waals surface area contributed by atoms with E-state index >= 15 is 0 Å². The second-order valence-electron chi connectivity index (χ2n) is 4.51. The molecule has 3 aromatic rings. The highest BCUT2D eigenvalue weighted by Gasteiger charge is 2.12. The molecule has 20 heavy (non-hydrogen) atoms. The number of hydrogen-bond donors (Lipinski definition) is 1. The van der Waals surface area contributed by atoms with Crippen molar-refractivity contribution in [3.63, 3.8) is 0 Å². The fraction of sp³-hybridized carbons (Fsp3) is 0.133. The van der Waals surface area contributed by atoms with Gasteiger partial charge < -0.3 is 5.11 Å². The summed E-state index contributed by atoms with van der Waals surface area (Å²) in [5.74, 6) is -0.333. The minimum Gasteiger partial charge on any atom is -0.478 e. The second-order valence-corrected chi connectivity index (χ2v) is 4.51. The van der Waals surface area contributed by atoms with Crippen LogP contribution in [0.25, 0.3) is 5.65 Å². The summed E-state index contributed by atoms with van der Waals surface area (Å²) in [7, 11) is 0. The van der Waals surface area contributed by atoms with Crippen molar-refractivity contribution in [3.05, 3.63) is 65.6 Å². The van der Waals surface area contributed by atoms with E-state index in [1.54, 1.807) is 12.3 Å². The molecule has 2 aromatic heterocycles. The Balaban J connectivity index is 1.86. The highest BCUT2D eigenvalue weighted by molar-refractivity contribution is 5.94. The lowest BCUT2D eigenvalue weighted by atomic mass is 10.1. The number of rotatable bonds is 4. The molecule has 2 heterocycles. The number of hydrogen-bond acceptors (Lipinski definition) is 3. The van der Waals surface area contributed by atoms with Crippen molar-refractivity contribution in [1.82, 2.24) is 14.6 Å². The zero-order chi connectivity index (χ0) is 13.9. The quantitative estimate of drug-likeness (QED) is 0.787. The van der Waals surface area contributed by atoms with Crippen molar-refractivity contribution in [3.8, 4) is 0 Å². The Morgan fingerprint density at radius 3 is 2.65 bits per heavy atom. The van der Waals surface area contributed by atoms with Crippen LogP contribution in [0.3, 0.4) is 0 Å². The first-order chi connectivity index (χ1) is 9.74. The molecule has 3 rings (SSSR count). The average molecular weight is 267 g/mol. The van der Waals surface area contributed by atoms with Crippen LogP contribution in [0.2, 0.25) is 0 Å². The van der Waals surface area contributed by atoms with Crippen molar-refractivity contribution < 1.29 is 9.90 Å². The van der Waals surface area contributed by atoms with Crippen LogP contribution < -0.4 is 0 Å². The van der Waals surface area contributed by atoms with Crippen LogP contribution in [0, 0.1) is 0 Å². The number of fused-ring (bicyclic) bond motifs is 1. The van der Waals surface area contributed by atoms with Gasteiger partial charge in [0.25, 0.3) is 0 Å². The van der Waals surface area contributed by atoms with Crippen LogP contribution in [0.15, 0.2) is 48.7 Å². The zero-order valence-corrected chi connectivity index (χ0v) is 10.7. The Kier molecular flexibility index (Phi) is 3.16. The molecule has 100 valence electrons. The highest BCUT2D eigenvalue weighted by Crippen LogP contribution is 2.10. The smallest absolute Gasteiger partial charge is 0.339 e. The molecular weight excluding hydrogens is 254 g/mol. The maximum Gasteiger partial charge on any atom is 0.339 e. The lowest BCUT2D eigenvalue weighted by molar-refractivity contribution is 0.0698. The van der Waals surface area contributed by atoms with Crippen LogP contribution in [-0.4, -0.2) is 25.7 Å². The number of aryl methyl sites for hydroxylation is 2. The van der Waals surface area contributed by atoms with Crippen LogP contribution in [0.1, 0.15) is 21.7 Å². The van der Waals surface area contributed by atoms with Gasteiger partial charge in [-0.25, -0.2) is 14.3 Å². The van der Waals surface area contributed by atoms with Crippen LogP contribution in [-0.2, 0) is 12.8 Å². The van der Waals surface area contributed by atoms with Gasteiger partial charge >= 0.3 is 5.97 Å². The molecule has 1 N–H and O–H groups in total. The second kappa shape index (κ2) is 5.13. The third-order valence-electron chi connectivity index (χ3n) is 3.12. The van der Waals surface area contributed by atoms with Gasteiger partial charge in [-0.2, -0.15) is 5.10 Å². The summed E-state index contributed by atoms with van der Waals surface area (Å²) in [6.45, 7) is 0. The van der Waals surface area contributed by atoms with E-state index in [2.05, 4.69) is 22.2 Å². The van der Waals surface area contributed by atoms with Crippen molar-refractivity contribution in [2.45, 2.75) is 12.8 Å². The average Bonchev–Trinajstić information content (AvgIpc) is 2.88. The van der Waals surface area contributed by atoms with E-state index in [0.717, 1.165) is 6.42 Å². The van der Waals surface area contributed by atoms with Gasteiger partial charge in [-0.05, 0) is 24.1 Å². The van der Waals surface area contributed by atoms with E-state index in [0.29, 0.717) is 17.9 Å². The molecule has 0 fully saturated rings. The number of nitrogens with zero attached hydrogens (tertiary/aromatic N) is 3. The summed E-state index contributed by atoms with van der Waals surface area (Å²) in [6, 6.07) is 13.3. The predicted molar refractivity (Wildman–Crippen MR) is 73.8 cm³/mol. The number of pyridine rings is 1. The molecule has 0 radical (unpaired) electrons. The Bertz CT molecular complexity index is 750. The predicted octanol–water partition coefficient (Wildman–Crippen LogP) is 2.21. The lowest BCUT2D eigenvalue weighted by Gasteiger charge is -1.96. The topological polar surface area (TPSA) is 67.5 Å². The molecule has 0 aliphatic rings. The van der Waals surface area contributed by atoms with E-state index in [9.17, 15) is 4.79 Å². The first kappa shape index (κ1) is 12.3. The first-order valence-electron chi connectivity index (χ1n) is 6.35. The molecule has 0 saturated carbocycles. The standard InChI is InChI=1S/C15H13N3O2/c19-15(20)12-7-4-10-18-14(12)16-13(17-18)9-8-11-5-2-1-3-6-11/h1-7,10H,8-9H2,(H,19,20). The Morgan fingerprint density at radius 2 is 1.90 bits per heavy atom. The molecule has 0 atom stereocenters.